The average molecular weight is 436 g/mol. The summed E-state index contributed by atoms with van der Waals surface area (Å²) < 4.78 is 10.6. The Kier molecular flexibility index (Phi) is 8.27. The van der Waals surface area contributed by atoms with Crippen molar-refractivity contribution in [1.29, 1.82) is 0 Å². The maximum Gasteiger partial charge on any atom is 0.305 e. The molecule has 0 aliphatic carbocycles. The minimum atomic E-state index is -0.242. The quantitative estimate of drug-likeness (QED) is 0.534. The summed E-state index contributed by atoms with van der Waals surface area (Å²) in [5, 5.41) is -0.240. The number of hydrogen-bond acceptors (Lipinski definition) is 7. The van der Waals surface area contributed by atoms with Gasteiger partial charge >= 0.3 is 5.97 Å². The van der Waals surface area contributed by atoms with Crippen molar-refractivity contribution in [3.05, 3.63) is 24.3 Å². The number of nitrogens with two attached hydrogens (primary N) is 1. The highest BCUT2D eigenvalue weighted by Gasteiger charge is 2.46. The monoisotopic (exact) mass is 435 g/mol. The number of esters is 1. The number of nitrogens with zero attached hydrogens (tertiary/aromatic N) is 2. The second-order valence-corrected chi connectivity index (χ2v) is 8.92. The zero-order valence-corrected chi connectivity index (χ0v) is 18.7. The maximum atomic E-state index is 13.2. The van der Waals surface area contributed by atoms with E-state index in [1.165, 1.54) is 5.69 Å². The van der Waals surface area contributed by atoms with Crippen molar-refractivity contribution < 1.29 is 19.1 Å². The fraction of sp³-hybridized carbons (Fsp3) is 0.636. The molecule has 2 N–H and O–H groups in total. The number of piperazine rings is 1. The lowest BCUT2D eigenvalue weighted by Crippen LogP contribution is -2.51. The SMILES string of the molecule is CCOC(=O)CCC(SCCN)C(=O)N1CC2CC1CN2c1ccc(OCC)cc1. The Labute approximate surface area is 183 Å². The van der Waals surface area contributed by atoms with Gasteiger partial charge in [0.2, 0.25) is 5.91 Å². The summed E-state index contributed by atoms with van der Waals surface area (Å²) in [7, 11) is 0. The first-order chi connectivity index (χ1) is 14.6. The number of rotatable bonds is 11. The molecule has 166 valence electrons. The molecule has 2 aliphatic heterocycles. The van der Waals surface area contributed by atoms with E-state index in [2.05, 4.69) is 17.0 Å². The van der Waals surface area contributed by atoms with E-state index in [1.54, 1.807) is 18.7 Å². The summed E-state index contributed by atoms with van der Waals surface area (Å²) in [6, 6.07) is 8.75. The fourth-order valence-electron chi connectivity index (χ4n) is 4.31. The van der Waals surface area contributed by atoms with Gasteiger partial charge in [-0.3, -0.25) is 9.59 Å². The molecular formula is C22H33N3O4S. The van der Waals surface area contributed by atoms with Crippen LogP contribution in [0.3, 0.4) is 0 Å². The van der Waals surface area contributed by atoms with Crippen LogP contribution in [0.1, 0.15) is 33.1 Å². The van der Waals surface area contributed by atoms with Gasteiger partial charge in [-0.1, -0.05) is 0 Å². The molecule has 0 saturated carbocycles. The van der Waals surface area contributed by atoms with Gasteiger partial charge in [-0.15, -0.1) is 11.8 Å². The molecular weight excluding hydrogens is 402 g/mol. The third-order valence-electron chi connectivity index (χ3n) is 5.63. The van der Waals surface area contributed by atoms with Gasteiger partial charge in [0.05, 0.1) is 24.5 Å². The van der Waals surface area contributed by atoms with Gasteiger partial charge in [-0.05, 0) is 51.0 Å². The minimum Gasteiger partial charge on any atom is -0.494 e. The zero-order chi connectivity index (χ0) is 21.5. The van der Waals surface area contributed by atoms with Gasteiger partial charge in [-0.2, -0.15) is 0 Å². The van der Waals surface area contributed by atoms with E-state index in [-0.39, 0.29) is 29.6 Å². The normalized spacial score (nSPS) is 21.0. The fourth-order valence-corrected chi connectivity index (χ4v) is 5.29. The summed E-state index contributed by atoms with van der Waals surface area (Å²) >= 11 is 1.56. The Balaban J connectivity index is 1.59. The van der Waals surface area contributed by atoms with Gasteiger partial charge in [0.15, 0.2) is 0 Å². The number of benzene rings is 1. The van der Waals surface area contributed by atoms with Crippen LogP contribution in [0, 0.1) is 0 Å². The van der Waals surface area contributed by atoms with Crippen molar-refractivity contribution in [2.24, 2.45) is 5.73 Å². The first-order valence-corrected chi connectivity index (χ1v) is 11.9. The van der Waals surface area contributed by atoms with Crippen LogP contribution in [-0.4, -0.2) is 72.7 Å². The Bertz CT molecular complexity index is 715. The van der Waals surface area contributed by atoms with Crippen LogP contribution in [0.25, 0.3) is 0 Å². The van der Waals surface area contributed by atoms with Crippen LogP contribution in [0.2, 0.25) is 0 Å². The molecule has 30 heavy (non-hydrogen) atoms. The summed E-state index contributed by atoms with van der Waals surface area (Å²) in [6.45, 7) is 6.89. The van der Waals surface area contributed by atoms with Crippen molar-refractivity contribution in [2.75, 3.05) is 43.5 Å². The smallest absolute Gasteiger partial charge is 0.305 e. The lowest BCUT2D eigenvalue weighted by molar-refractivity contribution is -0.143. The molecule has 1 aromatic carbocycles. The highest BCUT2D eigenvalue weighted by Crippen LogP contribution is 2.36. The highest BCUT2D eigenvalue weighted by atomic mass is 32.2. The number of ether oxygens (including phenoxy) is 2. The molecule has 7 nitrogen and oxygen atoms in total. The maximum absolute atomic E-state index is 13.2. The van der Waals surface area contributed by atoms with Crippen LogP contribution in [0.4, 0.5) is 5.69 Å². The van der Waals surface area contributed by atoms with Gasteiger partial charge in [0, 0.05) is 43.5 Å². The molecule has 3 rings (SSSR count). The molecule has 3 atom stereocenters. The molecule has 1 aromatic rings. The van der Waals surface area contributed by atoms with Gasteiger partial charge in [0.1, 0.15) is 5.75 Å². The molecule has 8 heteroatoms. The van der Waals surface area contributed by atoms with E-state index < -0.39 is 0 Å². The lowest BCUT2D eigenvalue weighted by atomic mass is 10.2. The van der Waals surface area contributed by atoms with Crippen LogP contribution < -0.4 is 15.4 Å². The number of likely N-dealkylation sites (tertiary alicyclic amines) is 1. The molecule has 2 bridgehead atoms. The molecule has 2 saturated heterocycles. The third-order valence-corrected chi connectivity index (χ3v) is 6.94. The molecule has 3 unspecified atom stereocenters. The molecule has 2 fully saturated rings. The highest BCUT2D eigenvalue weighted by molar-refractivity contribution is 8.00. The Hall–Kier alpha value is -1.93. The molecule has 1 amide bonds. The second-order valence-electron chi connectivity index (χ2n) is 7.61. The summed E-state index contributed by atoms with van der Waals surface area (Å²) in [5.41, 5.74) is 6.83. The Morgan fingerprint density at radius 1 is 1.17 bits per heavy atom. The van der Waals surface area contributed by atoms with Gasteiger partial charge in [0.25, 0.3) is 0 Å². The predicted molar refractivity (Wildman–Crippen MR) is 120 cm³/mol. The average Bonchev–Trinajstić information content (AvgIpc) is 3.35. The topological polar surface area (TPSA) is 85.1 Å². The number of carbonyl (C=O) groups excluding carboxylic acids is 2. The van der Waals surface area contributed by atoms with E-state index >= 15 is 0 Å². The van der Waals surface area contributed by atoms with Crippen LogP contribution >= 0.6 is 11.8 Å². The largest absolute Gasteiger partial charge is 0.494 e. The first-order valence-electron chi connectivity index (χ1n) is 10.8. The van der Waals surface area contributed by atoms with Crippen molar-refractivity contribution in [2.45, 2.75) is 50.4 Å². The lowest BCUT2D eigenvalue weighted by Gasteiger charge is -2.37. The zero-order valence-electron chi connectivity index (χ0n) is 17.9. The van der Waals surface area contributed by atoms with Crippen molar-refractivity contribution in [3.63, 3.8) is 0 Å². The Morgan fingerprint density at radius 2 is 1.93 bits per heavy atom. The van der Waals surface area contributed by atoms with E-state index in [4.69, 9.17) is 15.2 Å². The predicted octanol–water partition coefficient (Wildman–Crippen LogP) is 2.28. The van der Waals surface area contributed by atoms with E-state index in [9.17, 15) is 9.59 Å². The number of amides is 1. The molecule has 2 heterocycles. The Morgan fingerprint density at radius 3 is 2.53 bits per heavy atom. The van der Waals surface area contributed by atoms with E-state index in [1.807, 2.05) is 24.0 Å². The summed E-state index contributed by atoms with van der Waals surface area (Å²) in [5.74, 6) is 1.48. The van der Waals surface area contributed by atoms with E-state index in [0.29, 0.717) is 38.0 Å². The van der Waals surface area contributed by atoms with Crippen molar-refractivity contribution in [1.82, 2.24) is 4.90 Å². The molecule has 0 radical (unpaired) electrons. The van der Waals surface area contributed by atoms with Gasteiger partial charge < -0.3 is 25.0 Å². The van der Waals surface area contributed by atoms with Crippen LogP contribution in [-0.2, 0) is 14.3 Å². The van der Waals surface area contributed by atoms with Crippen molar-refractivity contribution >= 4 is 29.3 Å². The molecule has 2 aliphatic rings. The first kappa shape index (κ1) is 22.7. The molecule has 0 aromatic heterocycles. The van der Waals surface area contributed by atoms with Crippen molar-refractivity contribution in [3.8, 4) is 5.75 Å². The number of hydrogen-bond donors (Lipinski definition) is 1. The summed E-state index contributed by atoms with van der Waals surface area (Å²) in [6.07, 6.45) is 1.76. The third kappa shape index (κ3) is 5.40. The van der Waals surface area contributed by atoms with Crippen LogP contribution in [0.5, 0.6) is 5.75 Å². The standard InChI is InChI=1S/C22H33N3O4S/c1-3-28-19-7-5-16(6-8-19)24-14-18-13-17(24)15-25(18)22(27)20(30-12-11-23)9-10-21(26)29-4-2/h5-8,17-18,20H,3-4,9-15,23H2,1-2H3. The minimum absolute atomic E-state index is 0.136. The second kappa shape index (κ2) is 10.9. The number of carbonyl (C=O) groups is 2. The molecule has 0 spiro atoms. The van der Waals surface area contributed by atoms with Gasteiger partial charge in [-0.25, -0.2) is 0 Å². The van der Waals surface area contributed by atoms with E-state index in [0.717, 1.165) is 25.3 Å². The summed E-state index contributed by atoms with van der Waals surface area (Å²) in [4.78, 5) is 29.4. The number of thioether (sulfide) groups is 1. The number of fused-ring (bicyclic) bond motifs is 2. The number of anilines is 1. The van der Waals surface area contributed by atoms with Crippen LogP contribution in [0.15, 0.2) is 24.3 Å².